The molecule has 0 saturated heterocycles. The Balaban J connectivity index is 3.26. The van der Waals surface area contributed by atoms with Crippen LogP contribution in [-0.4, -0.2) is 16.2 Å². The molecular formula is C10H8ClFO3. The van der Waals surface area contributed by atoms with Gasteiger partial charge in [-0.25, -0.2) is 9.18 Å². The van der Waals surface area contributed by atoms with Gasteiger partial charge in [-0.05, 0) is 25.1 Å². The number of carbonyl (C=O) groups is 1. The number of aromatic hydroxyl groups is 1. The first kappa shape index (κ1) is 11.5. The van der Waals surface area contributed by atoms with Crippen molar-refractivity contribution in [2.75, 3.05) is 0 Å². The highest BCUT2D eigenvalue weighted by molar-refractivity contribution is 6.32. The molecule has 0 radical (unpaired) electrons. The fourth-order valence-electron chi connectivity index (χ4n) is 0.991. The molecular weight excluding hydrogens is 223 g/mol. The minimum absolute atomic E-state index is 0.0213. The standard InChI is InChI=1S/C10H8ClFO3/c1-5(10(14)15)2-6-3-7(12)4-8(11)9(6)13/h2-4,13H,1H3,(H,14,15)/b5-2+. The SMILES string of the molecule is C/C(=C\c1cc(F)cc(Cl)c1O)C(=O)O. The lowest BCUT2D eigenvalue weighted by molar-refractivity contribution is -0.132. The van der Waals surface area contributed by atoms with Crippen molar-refractivity contribution in [3.63, 3.8) is 0 Å². The lowest BCUT2D eigenvalue weighted by atomic mass is 10.1. The molecule has 15 heavy (non-hydrogen) atoms. The van der Waals surface area contributed by atoms with E-state index in [4.69, 9.17) is 16.7 Å². The largest absolute Gasteiger partial charge is 0.506 e. The Bertz CT molecular complexity index is 441. The third-order valence-corrected chi connectivity index (χ3v) is 2.06. The summed E-state index contributed by atoms with van der Waals surface area (Å²) in [4.78, 5) is 10.5. The molecule has 0 aromatic heterocycles. The summed E-state index contributed by atoms with van der Waals surface area (Å²) in [5.41, 5.74) is 0.0202. The van der Waals surface area contributed by atoms with Gasteiger partial charge < -0.3 is 10.2 Å². The summed E-state index contributed by atoms with van der Waals surface area (Å²) in [7, 11) is 0. The van der Waals surface area contributed by atoms with Crippen molar-refractivity contribution < 1.29 is 19.4 Å². The van der Waals surface area contributed by atoms with Crippen molar-refractivity contribution in [3.8, 4) is 5.75 Å². The van der Waals surface area contributed by atoms with Gasteiger partial charge in [0.1, 0.15) is 11.6 Å². The van der Waals surface area contributed by atoms with Crippen LogP contribution in [0.3, 0.4) is 0 Å². The first-order chi connectivity index (χ1) is 6.91. The van der Waals surface area contributed by atoms with Crippen LogP contribution in [-0.2, 0) is 4.79 Å². The van der Waals surface area contributed by atoms with Gasteiger partial charge in [0.05, 0.1) is 5.02 Å². The minimum Gasteiger partial charge on any atom is -0.506 e. The number of carboxylic acids is 1. The van der Waals surface area contributed by atoms with Gasteiger partial charge in [0.25, 0.3) is 0 Å². The highest BCUT2D eigenvalue weighted by Gasteiger charge is 2.08. The van der Waals surface area contributed by atoms with Crippen LogP contribution in [0.4, 0.5) is 4.39 Å². The second-order valence-corrected chi connectivity index (χ2v) is 3.37. The number of phenols is 1. The van der Waals surface area contributed by atoms with E-state index >= 15 is 0 Å². The molecule has 3 nitrogen and oxygen atoms in total. The van der Waals surface area contributed by atoms with Crippen LogP contribution in [0, 0.1) is 5.82 Å². The van der Waals surface area contributed by atoms with Crippen LogP contribution in [0.25, 0.3) is 6.08 Å². The summed E-state index contributed by atoms with van der Waals surface area (Å²) < 4.78 is 12.9. The zero-order valence-corrected chi connectivity index (χ0v) is 8.55. The van der Waals surface area contributed by atoms with Crippen LogP contribution in [0.15, 0.2) is 17.7 Å². The molecule has 1 aromatic carbocycles. The Hall–Kier alpha value is -1.55. The third kappa shape index (κ3) is 2.70. The second-order valence-electron chi connectivity index (χ2n) is 2.96. The number of hydrogen-bond donors (Lipinski definition) is 2. The van der Waals surface area contributed by atoms with Gasteiger partial charge in [-0.2, -0.15) is 0 Å². The van der Waals surface area contributed by atoms with Gasteiger partial charge in [0.15, 0.2) is 0 Å². The van der Waals surface area contributed by atoms with E-state index in [0.717, 1.165) is 18.2 Å². The smallest absolute Gasteiger partial charge is 0.331 e. The number of rotatable bonds is 2. The predicted octanol–water partition coefficient (Wildman–Crippen LogP) is 2.67. The molecule has 0 aliphatic heterocycles. The maximum Gasteiger partial charge on any atom is 0.331 e. The summed E-state index contributed by atoms with van der Waals surface area (Å²) >= 11 is 5.52. The zero-order chi connectivity index (χ0) is 11.6. The van der Waals surface area contributed by atoms with Crippen molar-refractivity contribution in [2.45, 2.75) is 6.92 Å². The molecule has 80 valence electrons. The van der Waals surface area contributed by atoms with E-state index in [1.165, 1.54) is 6.92 Å². The Morgan fingerprint density at radius 2 is 2.13 bits per heavy atom. The van der Waals surface area contributed by atoms with Gasteiger partial charge >= 0.3 is 5.97 Å². The molecule has 0 heterocycles. The van der Waals surface area contributed by atoms with Crippen LogP contribution in [0.1, 0.15) is 12.5 Å². The van der Waals surface area contributed by atoms with Gasteiger partial charge in [0.2, 0.25) is 0 Å². The quantitative estimate of drug-likeness (QED) is 0.768. The molecule has 2 N–H and O–H groups in total. The van der Waals surface area contributed by atoms with Crippen molar-refractivity contribution in [1.82, 2.24) is 0 Å². The molecule has 0 atom stereocenters. The van der Waals surface area contributed by atoms with Crippen LogP contribution in [0.5, 0.6) is 5.75 Å². The molecule has 0 bridgehead atoms. The predicted molar refractivity (Wildman–Crippen MR) is 54.4 cm³/mol. The highest BCUT2D eigenvalue weighted by atomic mass is 35.5. The van der Waals surface area contributed by atoms with E-state index in [1.54, 1.807) is 0 Å². The lowest BCUT2D eigenvalue weighted by Crippen LogP contribution is -1.95. The zero-order valence-electron chi connectivity index (χ0n) is 7.79. The van der Waals surface area contributed by atoms with Crippen LogP contribution in [0.2, 0.25) is 5.02 Å². The van der Waals surface area contributed by atoms with E-state index in [2.05, 4.69) is 0 Å². The average molecular weight is 231 g/mol. The Morgan fingerprint density at radius 1 is 1.53 bits per heavy atom. The van der Waals surface area contributed by atoms with Crippen molar-refractivity contribution >= 4 is 23.6 Å². The summed E-state index contributed by atoms with van der Waals surface area (Å²) in [6.07, 6.45) is 1.15. The number of aliphatic carboxylic acids is 1. The number of benzene rings is 1. The van der Waals surface area contributed by atoms with E-state index in [1.807, 2.05) is 0 Å². The molecule has 0 fully saturated rings. The number of halogens is 2. The summed E-state index contributed by atoms with van der Waals surface area (Å²) in [5.74, 6) is -2.12. The Labute approximate surface area is 90.4 Å². The monoisotopic (exact) mass is 230 g/mol. The highest BCUT2D eigenvalue weighted by Crippen LogP contribution is 2.30. The maximum atomic E-state index is 12.9. The number of carboxylic acid groups (broad SMARTS) is 1. The molecule has 0 amide bonds. The number of phenolic OH excluding ortho intramolecular Hbond substituents is 1. The van der Waals surface area contributed by atoms with E-state index in [0.29, 0.717) is 0 Å². The van der Waals surface area contributed by atoms with E-state index in [-0.39, 0.29) is 21.9 Å². The Kier molecular flexibility index (Phi) is 3.31. The minimum atomic E-state index is -1.14. The van der Waals surface area contributed by atoms with Crippen molar-refractivity contribution in [3.05, 3.63) is 34.1 Å². The molecule has 0 aliphatic carbocycles. The second kappa shape index (κ2) is 4.31. The fraction of sp³-hybridized carbons (Fsp3) is 0.100. The maximum absolute atomic E-state index is 12.9. The third-order valence-electron chi connectivity index (χ3n) is 1.77. The normalized spacial score (nSPS) is 11.5. The van der Waals surface area contributed by atoms with Gasteiger partial charge in [0, 0.05) is 11.1 Å². The van der Waals surface area contributed by atoms with Crippen molar-refractivity contribution in [1.29, 1.82) is 0 Å². The summed E-state index contributed by atoms with van der Waals surface area (Å²) in [6, 6.07) is 1.96. The van der Waals surface area contributed by atoms with Gasteiger partial charge in [-0.15, -0.1) is 0 Å². The molecule has 1 rings (SSSR count). The van der Waals surface area contributed by atoms with Crippen molar-refractivity contribution in [2.24, 2.45) is 0 Å². The Morgan fingerprint density at radius 3 is 2.67 bits per heavy atom. The first-order valence-corrected chi connectivity index (χ1v) is 4.39. The van der Waals surface area contributed by atoms with Crippen LogP contribution < -0.4 is 0 Å². The molecule has 5 heteroatoms. The van der Waals surface area contributed by atoms with Gasteiger partial charge in [-0.3, -0.25) is 0 Å². The molecule has 0 unspecified atom stereocenters. The van der Waals surface area contributed by atoms with Gasteiger partial charge in [-0.1, -0.05) is 11.6 Å². The van der Waals surface area contributed by atoms with E-state index < -0.39 is 11.8 Å². The molecule has 0 spiro atoms. The number of hydrogen-bond acceptors (Lipinski definition) is 2. The van der Waals surface area contributed by atoms with Crippen LogP contribution >= 0.6 is 11.6 Å². The molecule has 0 aliphatic rings. The first-order valence-electron chi connectivity index (χ1n) is 4.01. The molecule has 1 aromatic rings. The average Bonchev–Trinajstić information content (AvgIpc) is 2.13. The topological polar surface area (TPSA) is 57.5 Å². The molecule has 0 saturated carbocycles. The summed E-state index contributed by atoms with van der Waals surface area (Å²) in [5, 5.41) is 17.9. The van der Waals surface area contributed by atoms with E-state index in [9.17, 15) is 14.3 Å². The summed E-state index contributed by atoms with van der Waals surface area (Å²) in [6.45, 7) is 1.33. The lowest BCUT2D eigenvalue weighted by Gasteiger charge is -2.02. The fourth-order valence-corrected chi connectivity index (χ4v) is 1.20.